The van der Waals surface area contributed by atoms with Crippen molar-refractivity contribution in [1.82, 2.24) is 0 Å². The van der Waals surface area contributed by atoms with Crippen molar-refractivity contribution in [1.29, 1.82) is 0 Å². The number of ether oxygens (including phenoxy) is 2. The van der Waals surface area contributed by atoms with Gasteiger partial charge < -0.3 is 15.2 Å². The SMILES string of the molecule is COc1cc(C(C)F)cc(C2(CN)CCC2)c1OC. The van der Waals surface area contributed by atoms with Crippen LogP contribution in [-0.4, -0.2) is 20.8 Å². The predicted molar refractivity (Wildman–Crippen MR) is 73.7 cm³/mol. The molecule has 1 aromatic carbocycles. The van der Waals surface area contributed by atoms with Gasteiger partial charge in [0.15, 0.2) is 11.5 Å². The summed E-state index contributed by atoms with van der Waals surface area (Å²) in [6.07, 6.45) is 2.16. The Morgan fingerprint density at radius 2 is 2.00 bits per heavy atom. The summed E-state index contributed by atoms with van der Waals surface area (Å²) >= 11 is 0. The molecule has 1 saturated carbocycles. The summed E-state index contributed by atoms with van der Waals surface area (Å²) in [4.78, 5) is 0. The molecule has 1 aromatic rings. The molecule has 1 aliphatic carbocycles. The van der Waals surface area contributed by atoms with Crippen molar-refractivity contribution in [2.24, 2.45) is 5.73 Å². The van der Waals surface area contributed by atoms with Crippen LogP contribution in [0.5, 0.6) is 11.5 Å². The number of halogens is 1. The van der Waals surface area contributed by atoms with Crippen LogP contribution in [0.3, 0.4) is 0 Å². The molecule has 0 aromatic heterocycles. The molecule has 2 N–H and O–H groups in total. The highest BCUT2D eigenvalue weighted by molar-refractivity contribution is 5.54. The zero-order valence-electron chi connectivity index (χ0n) is 11.8. The maximum Gasteiger partial charge on any atom is 0.164 e. The van der Waals surface area contributed by atoms with Crippen LogP contribution < -0.4 is 15.2 Å². The molecule has 106 valence electrons. The minimum absolute atomic E-state index is 0.0798. The fourth-order valence-corrected chi connectivity index (χ4v) is 2.80. The van der Waals surface area contributed by atoms with E-state index in [9.17, 15) is 4.39 Å². The summed E-state index contributed by atoms with van der Waals surface area (Å²) in [6, 6.07) is 3.59. The van der Waals surface area contributed by atoms with Gasteiger partial charge in [0.1, 0.15) is 6.17 Å². The Balaban J connectivity index is 2.59. The number of alkyl halides is 1. The second-order valence-electron chi connectivity index (χ2n) is 5.26. The molecule has 1 aliphatic rings. The van der Waals surface area contributed by atoms with Crippen LogP contribution in [0.15, 0.2) is 12.1 Å². The molecular formula is C15H22FNO2. The Morgan fingerprint density at radius 1 is 1.32 bits per heavy atom. The standard InChI is InChI=1S/C15H22FNO2/c1-10(16)11-7-12(15(9-17)5-4-6-15)14(19-3)13(8-11)18-2/h7-8,10H,4-6,9,17H2,1-3H3. The van der Waals surface area contributed by atoms with E-state index in [0.717, 1.165) is 24.8 Å². The first kappa shape index (κ1) is 14.1. The fourth-order valence-electron chi connectivity index (χ4n) is 2.80. The predicted octanol–water partition coefficient (Wildman–Crippen LogP) is 3.11. The van der Waals surface area contributed by atoms with Gasteiger partial charge in [-0.3, -0.25) is 0 Å². The Bertz CT molecular complexity index is 450. The Hall–Kier alpha value is -1.29. The summed E-state index contributed by atoms with van der Waals surface area (Å²) in [6.45, 7) is 2.08. The summed E-state index contributed by atoms with van der Waals surface area (Å²) < 4.78 is 24.5. The van der Waals surface area contributed by atoms with Crippen molar-refractivity contribution in [2.45, 2.75) is 37.8 Å². The van der Waals surface area contributed by atoms with Crippen LogP contribution in [0.1, 0.15) is 43.5 Å². The lowest BCUT2D eigenvalue weighted by Crippen LogP contribution is -2.41. The van der Waals surface area contributed by atoms with Crippen molar-refractivity contribution >= 4 is 0 Å². The molecule has 0 bridgehead atoms. The van der Waals surface area contributed by atoms with Gasteiger partial charge in [-0.15, -0.1) is 0 Å². The largest absolute Gasteiger partial charge is 0.493 e. The Morgan fingerprint density at radius 3 is 2.37 bits per heavy atom. The normalized spacial score (nSPS) is 18.6. The van der Waals surface area contributed by atoms with Gasteiger partial charge in [0.05, 0.1) is 14.2 Å². The van der Waals surface area contributed by atoms with E-state index in [2.05, 4.69) is 0 Å². The molecule has 0 heterocycles. The Labute approximate surface area is 113 Å². The molecule has 0 saturated heterocycles. The number of nitrogens with two attached hydrogens (primary N) is 1. The second kappa shape index (κ2) is 5.37. The summed E-state index contributed by atoms with van der Waals surface area (Å²) in [5, 5.41) is 0. The lowest BCUT2D eigenvalue weighted by atomic mass is 9.64. The van der Waals surface area contributed by atoms with Crippen LogP contribution in [0, 0.1) is 0 Å². The highest BCUT2D eigenvalue weighted by Crippen LogP contribution is 2.50. The van der Waals surface area contributed by atoms with E-state index in [-0.39, 0.29) is 5.41 Å². The first-order valence-corrected chi connectivity index (χ1v) is 6.68. The molecule has 0 radical (unpaired) electrons. The molecule has 3 nitrogen and oxygen atoms in total. The first-order valence-electron chi connectivity index (χ1n) is 6.68. The smallest absolute Gasteiger partial charge is 0.164 e. The van der Waals surface area contributed by atoms with Gasteiger partial charge in [-0.2, -0.15) is 0 Å². The molecule has 0 amide bonds. The summed E-state index contributed by atoms with van der Waals surface area (Å²) in [7, 11) is 3.19. The minimum atomic E-state index is -1.03. The van der Waals surface area contributed by atoms with Gasteiger partial charge in [-0.05, 0) is 37.5 Å². The molecule has 1 fully saturated rings. The van der Waals surface area contributed by atoms with Crippen molar-refractivity contribution in [3.63, 3.8) is 0 Å². The highest BCUT2D eigenvalue weighted by atomic mass is 19.1. The molecule has 1 unspecified atom stereocenters. The van der Waals surface area contributed by atoms with E-state index in [1.807, 2.05) is 6.07 Å². The number of rotatable bonds is 5. The van der Waals surface area contributed by atoms with Crippen molar-refractivity contribution in [2.75, 3.05) is 20.8 Å². The average molecular weight is 267 g/mol. The highest BCUT2D eigenvalue weighted by Gasteiger charge is 2.40. The van der Waals surface area contributed by atoms with E-state index in [4.69, 9.17) is 15.2 Å². The summed E-state index contributed by atoms with van der Waals surface area (Å²) in [5.41, 5.74) is 7.48. The van der Waals surface area contributed by atoms with Gasteiger partial charge in [0, 0.05) is 17.5 Å². The van der Waals surface area contributed by atoms with E-state index in [0.29, 0.717) is 23.6 Å². The number of hydrogen-bond donors (Lipinski definition) is 1. The van der Waals surface area contributed by atoms with Crippen molar-refractivity contribution in [3.8, 4) is 11.5 Å². The van der Waals surface area contributed by atoms with Crippen molar-refractivity contribution < 1.29 is 13.9 Å². The zero-order valence-corrected chi connectivity index (χ0v) is 11.8. The third kappa shape index (κ3) is 2.29. The second-order valence-corrected chi connectivity index (χ2v) is 5.26. The fraction of sp³-hybridized carbons (Fsp3) is 0.600. The average Bonchev–Trinajstić information content (AvgIpc) is 2.37. The summed E-state index contributed by atoms with van der Waals surface area (Å²) in [5.74, 6) is 1.27. The topological polar surface area (TPSA) is 44.5 Å². The maximum absolute atomic E-state index is 13.7. The lowest BCUT2D eigenvalue weighted by molar-refractivity contribution is 0.239. The van der Waals surface area contributed by atoms with E-state index in [1.165, 1.54) is 6.92 Å². The molecule has 2 rings (SSSR count). The third-order valence-electron chi connectivity index (χ3n) is 4.23. The van der Waals surface area contributed by atoms with Crippen LogP contribution in [0.4, 0.5) is 4.39 Å². The molecule has 0 aliphatic heterocycles. The quantitative estimate of drug-likeness (QED) is 0.891. The lowest BCUT2D eigenvalue weighted by Gasteiger charge is -2.42. The Kier molecular flexibility index (Phi) is 3.99. The van der Waals surface area contributed by atoms with E-state index in [1.54, 1.807) is 20.3 Å². The van der Waals surface area contributed by atoms with Gasteiger partial charge in [0.25, 0.3) is 0 Å². The van der Waals surface area contributed by atoms with Crippen LogP contribution in [0.25, 0.3) is 0 Å². The maximum atomic E-state index is 13.7. The van der Waals surface area contributed by atoms with Crippen molar-refractivity contribution in [3.05, 3.63) is 23.3 Å². The van der Waals surface area contributed by atoms with E-state index >= 15 is 0 Å². The third-order valence-corrected chi connectivity index (χ3v) is 4.23. The number of methoxy groups -OCH3 is 2. The number of hydrogen-bond acceptors (Lipinski definition) is 3. The van der Waals surface area contributed by atoms with Gasteiger partial charge in [-0.1, -0.05) is 6.42 Å². The van der Waals surface area contributed by atoms with Gasteiger partial charge in [0.2, 0.25) is 0 Å². The minimum Gasteiger partial charge on any atom is -0.493 e. The van der Waals surface area contributed by atoms with Crippen LogP contribution in [-0.2, 0) is 5.41 Å². The molecule has 1 atom stereocenters. The monoisotopic (exact) mass is 267 g/mol. The van der Waals surface area contributed by atoms with E-state index < -0.39 is 6.17 Å². The molecule has 0 spiro atoms. The van der Waals surface area contributed by atoms with Crippen LogP contribution in [0.2, 0.25) is 0 Å². The molecular weight excluding hydrogens is 245 g/mol. The molecule has 4 heteroatoms. The van der Waals surface area contributed by atoms with Gasteiger partial charge in [-0.25, -0.2) is 4.39 Å². The first-order chi connectivity index (χ1) is 9.07. The molecule has 19 heavy (non-hydrogen) atoms. The zero-order chi connectivity index (χ0) is 14.0. The van der Waals surface area contributed by atoms with Crippen LogP contribution >= 0.6 is 0 Å². The number of benzene rings is 1. The van der Waals surface area contributed by atoms with Gasteiger partial charge >= 0.3 is 0 Å².